The van der Waals surface area contributed by atoms with Crippen LogP contribution in [-0.4, -0.2) is 62.5 Å². The van der Waals surface area contributed by atoms with E-state index in [1.54, 1.807) is 11.8 Å². The molecule has 1 heterocycles. The third kappa shape index (κ3) is 3.16. The third-order valence-electron chi connectivity index (χ3n) is 2.79. The molecule has 94 valence electrons. The fourth-order valence-corrected chi connectivity index (χ4v) is 2.48. The predicted molar refractivity (Wildman–Crippen MR) is 61.2 cm³/mol. The molecule has 0 saturated carbocycles. The molecule has 0 spiro atoms. The number of carbonyl (C=O) groups is 1. The Morgan fingerprint density at radius 3 is 2.19 bits per heavy atom. The Bertz CT molecular complexity index is 347. The van der Waals surface area contributed by atoms with Crippen LogP contribution in [0.4, 0.5) is 0 Å². The first-order chi connectivity index (χ1) is 7.36. The van der Waals surface area contributed by atoms with E-state index in [1.165, 1.54) is 10.6 Å². The van der Waals surface area contributed by atoms with E-state index >= 15 is 0 Å². The van der Waals surface area contributed by atoms with Crippen molar-refractivity contribution in [3.8, 4) is 0 Å². The molecule has 16 heavy (non-hydrogen) atoms. The minimum Gasteiger partial charge on any atom is -0.340 e. The van der Waals surface area contributed by atoms with Crippen LogP contribution in [0.5, 0.6) is 0 Å². The van der Waals surface area contributed by atoms with Crippen LogP contribution >= 0.6 is 0 Å². The number of amides is 1. The molecule has 2 N–H and O–H groups in total. The molecule has 0 aromatic carbocycles. The van der Waals surface area contributed by atoms with Crippen LogP contribution in [0.15, 0.2) is 0 Å². The molecule has 1 saturated heterocycles. The fourth-order valence-electron chi connectivity index (χ4n) is 1.65. The smallest absolute Gasteiger partial charge is 0.226 e. The van der Waals surface area contributed by atoms with Gasteiger partial charge in [-0.15, -0.1) is 0 Å². The van der Waals surface area contributed by atoms with Gasteiger partial charge in [0.05, 0.1) is 6.26 Å². The Morgan fingerprint density at radius 1 is 1.31 bits per heavy atom. The summed E-state index contributed by atoms with van der Waals surface area (Å²) in [5.41, 5.74) is 5.42. The van der Waals surface area contributed by atoms with Crippen LogP contribution < -0.4 is 5.73 Å². The lowest BCUT2D eigenvalue weighted by atomic mass is 10.1. The van der Waals surface area contributed by atoms with Gasteiger partial charge in [-0.1, -0.05) is 6.92 Å². The molecule has 1 aliphatic rings. The predicted octanol–water partition coefficient (Wildman–Crippen LogP) is -1.31. The average molecular weight is 249 g/mol. The summed E-state index contributed by atoms with van der Waals surface area (Å²) >= 11 is 0. The van der Waals surface area contributed by atoms with Crippen LogP contribution in [0.3, 0.4) is 0 Å². The number of hydrogen-bond donors (Lipinski definition) is 1. The summed E-state index contributed by atoms with van der Waals surface area (Å²) in [5.74, 6) is -0.180. The highest BCUT2D eigenvalue weighted by molar-refractivity contribution is 7.88. The monoisotopic (exact) mass is 249 g/mol. The highest BCUT2D eigenvalue weighted by Gasteiger charge is 2.27. The molecule has 1 amide bonds. The molecule has 1 atom stereocenters. The maximum absolute atomic E-state index is 11.8. The van der Waals surface area contributed by atoms with Crippen molar-refractivity contribution in [2.24, 2.45) is 11.7 Å². The van der Waals surface area contributed by atoms with Crippen molar-refractivity contribution >= 4 is 15.9 Å². The number of piperazine rings is 1. The molecule has 1 unspecified atom stereocenters. The summed E-state index contributed by atoms with van der Waals surface area (Å²) in [7, 11) is -3.13. The summed E-state index contributed by atoms with van der Waals surface area (Å²) in [4.78, 5) is 13.4. The van der Waals surface area contributed by atoms with Crippen LogP contribution in [0.2, 0.25) is 0 Å². The molecule has 0 aromatic rings. The standard InChI is InChI=1S/C9H19N3O3S/c1-8(7-10)9(13)11-3-5-12(6-4-11)16(2,14)15/h8H,3-7,10H2,1-2H3. The largest absolute Gasteiger partial charge is 0.340 e. The van der Waals surface area contributed by atoms with Crippen molar-refractivity contribution < 1.29 is 13.2 Å². The van der Waals surface area contributed by atoms with Gasteiger partial charge in [0, 0.05) is 38.6 Å². The topological polar surface area (TPSA) is 83.7 Å². The van der Waals surface area contributed by atoms with E-state index in [-0.39, 0.29) is 11.8 Å². The molecule has 0 aliphatic carbocycles. The second-order valence-corrected chi connectivity index (χ2v) is 6.11. The van der Waals surface area contributed by atoms with Gasteiger partial charge in [0.2, 0.25) is 15.9 Å². The molecule has 1 fully saturated rings. The maximum Gasteiger partial charge on any atom is 0.226 e. The maximum atomic E-state index is 11.8. The quantitative estimate of drug-likeness (QED) is 0.673. The van der Waals surface area contributed by atoms with Crippen molar-refractivity contribution in [2.45, 2.75) is 6.92 Å². The minimum atomic E-state index is -3.13. The molecule has 7 heteroatoms. The highest BCUT2D eigenvalue weighted by Crippen LogP contribution is 2.09. The van der Waals surface area contributed by atoms with E-state index in [9.17, 15) is 13.2 Å². The van der Waals surface area contributed by atoms with Crippen LogP contribution in [0, 0.1) is 5.92 Å². The van der Waals surface area contributed by atoms with E-state index in [0.29, 0.717) is 32.7 Å². The van der Waals surface area contributed by atoms with E-state index in [1.807, 2.05) is 0 Å². The molecule has 1 aliphatic heterocycles. The summed E-state index contributed by atoms with van der Waals surface area (Å²) in [6, 6.07) is 0. The number of carbonyl (C=O) groups excluding carboxylic acids is 1. The minimum absolute atomic E-state index is 0.00986. The zero-order valence-corrected chi connectivity index (χ0v) is 10.5. The number of rotatable bonds is 3. The number of nitrogens with zero attached hydrogens (tertiary/aromatic N) is 2. The second kappa shape index (κ2) is 5.11. The van der Waals surface area contributed by atoms with Crippen molar-refractivity contribution in [1.29, 1.82) is 0 Å². The van der Waals surface area contributed by atoms with Crippen LogP contribution in [0.25, 0.3) is 0 Å². The summed E-state index contributed by atoms with van der Waals surface area (Å²) in [6.45, 7) is 3.77. The van der Waals surface area contributed by atoms with E-state index in [0.717, 1.165) is 0 Å². The van der Waals surface area contributed by atoms with E-state index in [4.69, 9.17) is 5.73 Å². The Kier molecular flexibility index (Phi) is 4.28. The average Bonchev–Trinajstić information content (AvgIpc) is 2.26. The Hall–Kier alpha value is -0.660. The van der Waals surface area contributed by atoms with Gasteiger partial charge in [-0.25, -0.2) is 8.42 Å². The normalized spacial score (nSPS) is 20.8. The highest BCUT2D eigenvalue weighted by atomic mass is 32.2. The summed E-state index contributed by atoms with van der Waals surface area (Å²) < 4.78 is 23.9. The van der Waals surface area contributed by atoms with E-state index < -0.39 is 10.0 Å². The first-order valence-electron chi connectivity index (χ1n) is 5.30. The molecule has 0 bridgehead atoms. The van der Waals surface area contributed by atoms with Crippen LogP contribution in [0.1, 0.15) is 6.92 Å². The second-order valence-electron chi connectivity index (χ2n) is 4.12. The lowest BCUT2D eigenvalue weighted by molar-refractivity contribution is -0.135. The molecule has 0 aromatic heterocycles. The Labute approximate surface area is 96.4 Å². The van der Waals surface area contributed by atoms with Gasteiger partial charge >= 0.3 is 0 Å². The van der Waals surface area contributed by atoms with E-state index in [2.05, 4.69) is 0 Å². The van der Waals surface area contributed by atoms with Crippen molar-refractivity contribution in [3.63, 3.8) is 0 Å². The van der Waals surface area contributed by atoms with Gasteiger partial charge in [-0.2, -0.15) is 4.31 Å². The molecule has 6 nitrogen and oxygen atoms in total. The van der Waals surface area contributed by atoms with Gasteiger partial charge in [-0.3, -0.25) is 4.79 Å². The zero-order chi connectivity index (χ0) is 12.3. The van der Waals surface area contributed by atoms with Gasteiger partial charge < -0.3 is 10.6 Å². The summed E-state index contributed by atoms with van der Waals surface area (Å²) in [5, 5.41) is 0. The van der Waals surface area contributed by atoms with Crippen molar-refractivity contribution in [3.05, 3.63) is 0 Å². The molecule has 1 rings (SSSR count). The number of sulfonamides is 1. The molecular formula is C9H19N3O3S. The third-order valence-corrected chi connectivity index (χ3v) is 4.10. The number of nitrogens with two attached hydrogens (primary N) is 1. The SMILES string of the molecule is CC(CN)C(=O)N1CCN(S(C)(=O)=O)CC1. The zero-order valence-electron chi connectivity index (χ0n) is 9.72. The van der Waals surface area contributed by atoms with Crippen LogP contribution in [-0.2, 0) is 14.8 Å². The van der Waals surface area contributed by atoms with Gasteiger partial charge in [0.15, 0.2) is 0 Å². The van der Waals surface area contributed by atoms with Gasteiger partial charge in [0.1, 0.15) is 0 Å². The molecule has 0 radical (unpaired) electrons. The first kappa shape index (κ1) is 13.4. The molecular weight excluding hydrogens is 230 g/mol. The Balaban J connectivity index is 2.53. The lowest BCUT2D eigenvalue weighted by Gasteiger charge is -2.34. The van der Waals surface area contributed by atoms with Crippen molar-refractivity contribution in [1.82, 2.24) is 9.21 Å². The number of hydrogen-bond acceptors (Lipinski definition) is 4. The summed E-state index contributed by atoms with van der Waals surface area (Å²) in [6.07, 6.45) is 1.19. The van der Waals surface area contributed by atoms with Gasteiger partial charge in [-0.05, 0) is 0 Å². The Morgan fingerprint density at radius 2 is 1.81 bits per heavy atom. The fraction of sp³-hybridized carbons (Fsp3) is 0.889. The first-order valence-corrected chi connectivity index (χ1v) is 7.15. The lowest BCUT2D eigenvalue weighted by Crippen LogP contribution is -2.52. The van der Waals surface area contributed by atoms with Gasteiger partial charge in [0.25, 0.3) is 0 Å². The van der Waals surface area contributed by atoms with Crippen molar-refractivity contribution in [2.75, 3.05) is 39.0 Å².